The van der Waals surface area contributed by atoms with E-state index < -0.39 is 0 Å². The molecule has 0 aliphatic heterocycles. The van der Waals surface area contributed by atoms with Crippen LogP contribution in [0.3, 0.4) is 0 Å². The minimum absolute atomic E-state index is 0.905. The van der Waals surface area contributed by atoms with Crippen LogP contribution in [0.2, 0.25) is 0 Å². The summed E-state index contributed by atoms with van der Waals surface area (Å²) >= 11 is 0. The Morgan fingerprint density at radius 2 is 0.983 bits per heavy atom. The van der Waals surface area contributed by atoms with Crippen molar-refractivity contribution >= 4 is 82.4 Å². The third-order valence-electron chi connectivity index (χ3n) is 12.0. The molecule has 0 radical (unpaired) electrons. The molecule has 0 saturated carbocycles. The molecule has 0 aliphatic rings. The molecule has 0 unspecified atom stereocenters. The first-order valence-corrected chi connectivity index (χ1v) is 20.2. The molecule has 10 aromatic carbocycles. The van der Waals surface area contributed by atoms with E-state index in [-0.39, 0.29) is 0 Å². The summed E-state index contributed by atoms with van der Waals surface area (Å²) < 4.78 is 8.83. The lowest BCUT2D eigenvalue weighted by Crippen LogP contribution is -2.11. The number of anilines is 3. The van der Waals surface area contributed by atoms with Gasteiger partial charge in [0.2, 0.25) is 0 Å². The Labute approximate surface area is 341 Å². The van der Waals surface area contributed by atoms with Crippen molar-refractivity contribution in [3.05, 3.63) is 218 Å². The number of fused-ring (bicyclic) bond motifs is 8. The Hall–Kier alpha value is -7.88. The Kier molecular flexibility index (Phi) is 7.54. The smallest absolute Gasteiger partial charge is 0.143 e. The summed E-state index contributed by atoms with van der Waals surface area (Å²) in [6, 6.07) is 78.7. The van der Waals surface area contributed by atoms with E-state index in [9.17, 15) is 0 Å². The van der Waals surface area contributed by atoms with Crippen LogP contribution in [0.4, 0.5) is 17.1 Å². The van der Waals surface area contributed by atoms with Gasteiger partial charge in [-0.05, 0) is 88.1 Å². The number of hydrogen-bond acceptors (Lipinski definition) is 2. The standard InChI is InChI=1S/C56H36N2O/c1-2-16-40(17-3-1)57-52-25-10-8-21-47(52)50-36-39(30-34-54(50)57)42-33-35-53(46-20-7-6-19-45(42)46)58(51-26-12-15-37-14-4-5-18-43(37)51)41-31-28-38(29-32-41)44-23-13-24-49-48-22-9-11-27-55(48)59-56(44)49/h1-36H. The molecular weight excluding hydrogens is 717 g/mol. The van der Waals surface area contributed by atoms with Gasteiger partial charge in [0.25, 0.3) is 0 Å². The fraction of sp³-hybridized carbons (Fsp3) is 0. The second kappa shape index (κ2) is 13.4. The molecule has 2 heterocycles. The van der Waals surface area contributed by atoms with Gasteiger partial charge >= 0.3 is 0 Å². The van der Waals surface area contributed by atoms with Crippen molar-refractivity contribution in [1.82, 2.24) is 4.57 Å². The van der Waals surface area contributed by atoms with E-state index in [0.29, 0.717) is 0 Å². The van der Waals surface area contributed by atoms with E-state index >= 15 is 0 Å². The minimum Gasteiger partial charge on any atom is -0.455 e. The summed E-state index contributed by atoms with van der Waals surface area (Å²) in [4.78, 5) is 2.43. The van der Waals surface area contributed by atoms with Crippen LogP contribution in [0.15, 0.2) is 223 Å². The zero-order chi connectivity index (χ0) is 38.9. The van der Waals surface area contributed by atoms with Crippen molar-refractivity contribution in [1.29, 1.82) is 0 Å². The maximum Gasteiger partial charge on any atom is 0.143 e. The zero-order valence-electron chi connectivity index (χ0n) is 32.1. The molecule has 0 fully saturated rings. The van der Waals surface area contributed by atoms with E-state index in [2.05, 4.69) is 216 Å². The summed E-state index contributed by atoms with van der Waals surface area (Å²) in [5, 5.41) is 9.54. The second-order valence-electron chi connectivity index (χ2n) is 15.3. The summed E-state index contributed by atoms with van der Waals surface area (Å²) in [5.41, 5.74) is 13.3. The predicted octanol–water partition coefficient (Wildman–Crippen LogP) is 15.8. The lowest BCUT2D eigenvalue weighted by atomic mass is 9.95. The van der Waals surface area contributed by atoms with E-state index in [0.717, 1.165) is 55.8 Å². The quantitative estimate of drug-likeness (QED) is 0.169. The molecule has 0 N–H and O–H groups in total. The SMILES string of the molecule is c1ccc(-n2c3ccccc3c3cc(-c4ccc(N(c5ccc(-c6cccc7c6oc6ccccc67)cc5)c5cccc6ccccc56)c5ccccc45)ccc32)cc1. The van der Waals surface area contributed by atoms with Crippen molar-refractivity contribution < 1.29 is 4.42 Å². The lowest BCUT2D eigenvalue weighted by Gasteiger charge is -2.29. The highest BCUT2D eigenvalue weighted by Crippen LogP contribution is 2.46. The Balaban J connectivity index is 1.03. The highest BCUT2D eigenvalue weighted by atomic mass is 16.3. The molecule has 276 valence electrons. The lowest BCUT2D eigenvalue weighted by molar-refractivity contribution is 0.670. The van der Waals surface area contributed by atoms with Crippen molar-refractivity contribution in [2.75, 3.05) is 4.90 Å². The maximum atomic E-state index is 6.45. The highest BCUT2D eigenvalue weighted by molar-refractivity contribution is 6.14. The van der Waals surface area contributed by atoms with Crippen LogP contribution in [0.1, 0.15) is 0 Å². The van der Waals surface area contributed by atoms with E-state index in [1.54, 1.807) is 0 Å². The summed E-state index contributed by atoms with van der Waals surface area (Å²) in [6.07, 6.45) is 0. The molecule has 12 rings (SSSR count). The van der Waals surface area contributed by atoms with E-state index in [4.69, 9.17) is 4.42 Å². The van der Waals surface area contributed by atoms with E-state index in [1.807, 2.05) is 12.1 Å². The number of benzene rings is 10. The first-order valence-electron chi connectivity index (χ1n) is 20.2. The van der Waals surface area contributed by atoms with Crippen LogP contribution in [-0.2, 0) is 0 Å². The predicted molar refractivity (Wildman–Crippen MR) is 249 cm³/mol. The second-order valence-corrected chi connectivity index (χ2v) is 15.3. The monoisotopic (exact) mass is 752 g/mol. The van der Waals surface area contributed by atoms with Crippen LogP contribution in [-0.4, -0.2) is 4.57 Å². The Morgan fingerprint density at radius 3 is 1.85 bits per heavy atom. The van der Waals surface area contributed by atoms with Gasteiger partial charge in [-0.15, -0.1) is 0 Å². The van der Waals surface area contributed by atoms with Crippen LogP contribution in [0, 0.1) is 0 Å². The van der Waals surface area contributed by atoms with Crippen molar-refractivity contribution in [2.45, 2.75) is 0 Å². The molecule has 3 nitrogen and oxygen atoms in total. The third-order valence-corrected chi connectivity index (χ3v) is 12.0. The Bertz CT molecular complexity index is 3550. The molecule has 0 amide bonds. The summed E-state index contributed by atoms with van der Waals surface area (Å²) in [5.74, 6) is 0. The van der Waals surface area contributed by atoms with Crippen LogP contribution in [0.5, 0.6) is 0 Å². The number of para-hydroxylation sites is 4. The largest absolute Gasteiger partial charge is 0.455 e. The molecule has 0 saturated heterocycles. The zero-order valence-corrected chi connectivity index (χ0v) is 32.1. The molecule has 12 aromatic rings. The molecule has 59 heavy (non-hydrogen) atoms. The maximum absolute atomic E-state index is 6.45. The molecular formula is C56H36N2O. The first-order chi connectivity index (χ1) is 29.3. The number of nitrogens with zero attached hydrogens (tertiary/aromatic N) is 2. The summed E-state index contributed by atoms with van der Waals surface area (Å²) in [7, 11) is 0. The molecule has 2 aromatic heterocycles. The van der Waals surface area contributed by atoms with Crippen molar-refractivity contribution in [3.8, 4) is 27.9 Å². The molecule has 0 spiro atoms. The topological polar surface area (TPSA) is 21.3 Å². The van der Waals surface area contributed by atoms with Crippen molar-refractivity contribution in [3.63, 3.8) is 0 Å². The number of furan rings is 1. The molecule has 0 bridgehead atoms. The van der Waals surface area contributed by atoms with Gasteiger partial charge in [-0.1, -0.05) is 158 Å². The van der Waals surface area contributed by atoms with Crippen LogP contribution in [0.25, 0.3) is 93.2 Å². The van der Waals surface area contributed by atoms with Crippen LogP contribution >= 0.6 is 0 Å². The Morgan fingerprint density at radius 1 is 0.356 bits per heavy atom. The summed E-state index contributed by atoms with van der Waals surface area (Å²) in [6.45, 7) is 0. The first kappa shape index (κ1) is 33.3. The van der Waals surface area contributed by atoms with E-state index in [1.165, 1.54) is 54.5 Å². The number of rotatable bonds is 6. The van der Waals surface area contributed by atoms with Gasteiger partial charge in [0.15, 0.2) is 0 Å². The van der Waals surface area contributed by atoms with Gasteiger partial charge in [0.1, 0.15) is 11.2 Å². The van der Waals surface area contributed by atoms with Gasteiger partial charge in [-0.3, -0.25) is 0 Å². The third kappa shape index (κ3) is 5.29. The fourth-order valence-corrected chi connectivity index (χ4v) is 9.30. The average molecular weight is 753 g/mol. The molecule has 3 heteroatoms. The van der Waals surface area contributed by atoms with Gasteiger partial charge in [-0.2, -0.15) is 0 Å². The minimum atomic E-state index is 0.905. The molecule has 0 atom stereocenters. The molecule has 0 aliphatic carbocycles. The van der Waals surface area contributed by atoms with Gasteiger partial charge in [-0.25, -0.2) is 0 Å². The highest BCUT2D eigenvalue weighted by Gasteiger charge is 2.21. The van der Waals surface area contributed by atoms with Crippen molar-refractivity contribution in [2.24, 2.45) is 0 Å². The average Bonchev–Trinajstić information content (AvgIpc) is 3.85. The van der Waals surface area contributed by atoms with Gasteiger partial charge in [0.05, 0.1) is 22.4 Å². The number of hydrogen-bond donors (Lipinski definition) is 0. The van der Waals surface area contributed by atoms with Gasteiger partial charge < -0.3 is 13.9 Å². The van der Waals surface area contributed by atoms with Crippen LogP contribution < -0.4 is 4.90 Å². The fourth-order valence-electron chi connectivity index (χ4n) is 9.30. The van der Waals surface area contributed by atoms with Gasteiger partial charge in [0, 0.05) is 49.3 Å². The number of aromatic nitrogens is 1. The normalized spacial score (nSPS) is 11.7.